The van der Waals surface area contributed by atoms with Gasteiger partial charge >= 0.3 is 0 Å². The number of carbonyl (C=O) groups excluding carboxylic acids is 1. The van der Waals surface area contributed by atoms with Gasteiger partial charge in [-0.1, -0.05) is 48.0 Å². The molecular weight excluding hydrogens is 268 g/mol. The largest absolute Gasteiger partial charge is 0.294 e. The van der Waals surface area contributed by atoms with Crippen LogP contribution in [-0.4, -0.2) is 5.78 Å². The predicted octanol–water partition coefficient (Wildman–Crippen LogP) is 5.17. The number of fused-ring (bicyclic) bond motifs is 5. The molecule has 3 aromatic carbocycles. The summed E-state index contributed by atoms with van der Waals surface area (Å²) in [5.74, 6) is 0.277. The molecule has 98 valence electrons. The highest BCUT2D eigenvalue weighted by Gasteiger charge is 2.19. The van der Waals surface area contributed by atoms with Crippen molar-refractivity contribution >= 4 is 38.9 Å². The molecule has 4 rings (SSSR count). The van der Waals surface area contributed by atoms with E-state index in [0.717, 1.165) is 34.2 Å². The lowest BCUT2D eigenvalue weighted by Crippen LogP contribution is -2.10. The number of benzene rings is 3. The number of hydrogen-bond donors (Lipinski definition) is 0. The molecule has 1 nitrogen and oxygen atoms in total. The van der Waals surface area contributed by atoms with Gasteiger partial charge in [0.2, 0.25) is 0 Å². The second kappa shape index (κ2) is 4.32. The van der Waals surface area contributed by atoms with E-state index in [1.807, 2.05) is 18.2 Å². The maximum absolute atomic E-state index is 12.0. The van der Waals surface area contributed by atoms with E-state index in [1.165, 1.54) is 16.3 Å². The van der Waals surface area contributed by atoms with Gasteiger partial charge < -0.3 is 0 Å². The molecular formula is C18H13ClO. The summed E-state index contributed by atoms with van der Waals surface area (Å²) in [6.45, 7) is 0. The predicted molar refractivity (Wildman–Crippen MR) is 83.7 cm³/mol. The third kappa shape index (κ3) is 1.60. The summed E-state index contributed by atoms with van der Waals surface area (Å²) in [4.78, 5) is 12.0. The van der Waals surface area contributed by atoms with Gasteiger partial charge in [-0.2, -0.15) is 0 Å². The highest BCUT2D eigenvalue weighted by Crippen LogP contribution is 2.35. The van der Waals surface area contributed by atoms with Gasteiger partial charge in [-0.3, -0.25) is 4.79 Å². The van der Waals surface area contributed by atoms with Crippen molar-refractivity contribution in [2.24, 2.45) is 0 Å². The number of halogens is 1. The van der Waals surface area contributed by atoms with Gasteiger partial charge in [-0.25, -0.2) is 0 Å². The molecule has 0 spiro atoms. The molecule has 20 heavy (non-hydrogen) atoms. The van der Waals surface area contributed by atoms with E-state index >= 15 is 0 Å². The Balaban J connectivity index is 2.16. The average molecular weight is 281 g/mol. The van der Waals surface area contributed by atoms with Crippen molar-refractivity contribution < 1.29 is 4.79 Å². The quantitative estimate of drug-likeness (QED) is 0.520. The van der Waals surface area contributed by atoms with Gasteiger partial charge in [0.25, 0.3) is 0 Å². The third-order valence-corrected chi connectivity index (χ3v) is 4.58. The molecule has 0 unspecified atom stereocenters. The van der Waals surface area contributed by atoms with E-state index in [2.05, 4.69) is 24.3 Å². The Kier molecular flexibility index (Phi) is 2.58. The van der Waals surface area contributed by atoms with Gasteiger partial charge in [-0.15, -0.1) is 0 Å². The number of aryl methyl sites for hydroxylation is 1. The first-order valence-corrected chi connectivity index (χ1v) is 7.29. The molecule has 1 aliphatic rings. The average Bonchev–Trinajstić information content (AvgIpc) is 2.47. The summed E-state index contributed by atoms with van der Waals surface area (Å²) in [6, 6.07) is 14.2. The molecule has 0 atom stereocenters. The second-order valence-electron chi connectivity index (χ2n) is 5.36. The third-order valence-electron chi connectivity index (χ3n) is 4.25. The summed E-state index contributed by atoms with van der Waals surface area (Å²) >= 11 is 6.27. The summed E-state index contributed by atoms with van der Waals surface area (Å²) < 4.78 is 0. The summed E-state index contributed by atoms with van der Waals surface area (Å²) in [7, 11) is 0. The lowest BCUT2D eigenvalue weighted by atomic mass is 9.86. The lowest BCUT2D eigenvalue weighted by Gasteiger charge is -2.18. The highest BCUT2D eigenvalue weighted by atomic mass is 35.5. The molecule has 1 aliphatic carbocycles. The summed E-state index contributed by atoms with van der Waals surface area (Å²) in [5.41, 5.74) is 2.12. The van der Waals surface area contributed by atoms with Crippen LogP contribution in [0.5, 0.6) is 0 Å². The van der Waals surface area contributed by atoms with Crippen LogP contribution in [0.15, 0.2) is 42.5 Å². The molecule has 0 heterocycles. The van der Waals surface area contributed by atoms with Crippen LogP contribution in [0.4, 0.5) is 0 Å². The Morgan fingerprint density at radius 2 is 1.55 bits per heavy atom. The fourth-order valence-corrected chi connectivity index (χ4v) is 3.53. The summed E-state index contributed by atoms with van der Waals surface area (Å²) in [6.07, 6.45) is 2.63. The van der Waals surface area contributed by atoms with E-state index < -0.39 is 0 Å². The standard InChI is InChI=1S/C18H13ClO/c19-17-5-1-3-11-13-8-10-16-12(4-2-6-18(16)20)14(13)7-9-15(11)17/h1,3,5,7-10H,2,4,6H2. The van der Waals surface area contributed by atoms with Gasteiger partial charge in [-0.05, 0) is 40.6 Å². The molecule has 0 radical (unpaired) electrons. The van der Waals surface area contributed by atoms with E-state index in [9.17, 15) is 4.79 Å². The van der Waals surface area contributed by atoms with Crippen LogP contribution in [0.3, 0.4) is 0 Å². The highest BCUT2D eigenvalue weighted by molar-refractivity contribution is 6.36. The van der Waals surface area contributed by atoms with Crippen molar-refractivity contribution in [3.63, 3.8) is 0 Å². The van der Waals surface area contributed by atoms with Crippen LogP contribution < -0.4 is 0 Å². The van der Waals surface area contributed by atoms with Crippen molar-refractivity contribution in [1.82, 2.24) is 0 Å². The fraction of sp³-hybridized carbons (Fsp3) is 0.167. The van der Waals surface area contributed by atoms with Crippen molar-refractivity contribution in [3.05, 3.63) is 58.6 Å². The zero-order chi connectivity index (χ0) is 13.7. The number of ketones is 1. The van der Waals surface area contributed by atoms with Gasteiger partial charge in [0.05, 0.1) is 0 Å². The Morgan fingerprint density at radius 1 is 0.800 bits per heavy atom. The topological polar surface area (TPSA) is 17.1 Å². The molecule has 0 aromatic heterocycles. The molecule has 0 saturated heterocycles. The minimum atomic E-state index is 0.277. The number of Topliss-reactive ketones (excluding diaryl/α,β-unsaturated/α-hetero) is 1. The molecule has 0 N–H and O–H groups in total. The van der Waals surface area contributed by atoms with Crippen molar-refractivity contribution in [2.75, 3.05) is 0 Å². The Bertz CT molecular complexity index is 864. The van der Waals surface area contributed by atoms with Gasteiger partial charge in [0.15, 0.2) is 5.78 Å². The molecule has 0 amide bonds. The van der Waals surface area contributed by atoms with Crippen LogP contribution in [0.1, 0.15) is 28.8 Å². The monoisotopic (exact) mass is 280 g/mol. The minimum Gasteiger partial charge on any atom is -0.294 e. The van der Waals surface area contributed by atoms with Gasteiger partial charge in [0, 0.05) is 22.4 Å². The SMILES string of the molecule is O=C1CCCc2c1ccc1c2ccc2c(Cl)cccc21. The zero-order valence-electron chi connectivity index (χ0n) is 10.9. The lowest BCUT2D eigenvalue weighted by molar-refractivity contribution is 0.0973. The van der Waals surface area contributed by atoms with Gasteiger partial charge in [0.1, 0.15) is 0 Å². The number of hydrogen-bond acceptors (Lipinski definition) is 1. The van der Waals surface area contributed by atoms with Crippen LogP contribution in [0, 0.1) is 0 Å². The van der Waals surface area contributed by atoms with Crippen LogP contribution >= 0.6 is 11.6 Å². The van der Waals surface area contributed by atoms with E-state index in [-0.39, 0.29) is 5.78 Å². The van der Waals surface area contributed by atoms with Crippen LogP contribution in [0.25, 0.3) is 21.5 Å². The summed E-state index contributed by atoms with van der Waals surface area (Å²) in [5, 5.41) is 5.40. The van der Waals surface area contributed by atoms with Crippen LogP contribution in [-0.2, 0) is 6.42 Å². The molecule has 2 heteroatoms. The van der Waals surface area contributed by atoms with Crippen molar-refractivity contribution in [3.8, 4) is 0 Å². The van der Waals surface area contributed by atoms with E-state index in [1.54, 1.807) is 0 Å². The van der Waals surface area contributed by atoms with Crippen LogP contribution in [0.2, 0.25) is 5.02 Å². The first-order valence-electron chi connectivity index (χ1n) is 6.92. The maximum atomic E-state index is 12.0. The Hall–Kier alpha value is -1.86. The first kappa shape index (κ1) is 11.9. The van der Waals surface area contributed by atoms with Crippen molar-refractivity contribution in [2.45, 2.75) is 19.3 Å². The molecule has 0 bridgehead atoms. The fourth-order valence-electron chi connectivity index (χ4n) is 3.29. The molecule has 0 saturated carbocycles. The minimum absolute atomic E-state index is 0.277. The molecule has 0 fully saturated rings. The Labute approximate surface area is 122 Å². The van der Waals surface area contributed by atoms with E-state index in [4.69, 9.17) is 11.6 Å². The smallest absolute Gasteiger partial charge is 0.163 e. The van der Waals surface area contributed by atoms with Crippen molar-refractivity contribution in [1.29, 1.82) is 0 Å². The zero-order valence-corrected chi connectivity index (χ0v) is 11.7. The normalized spacial score (nSPS) is 14.8. The number of rotatable bonds is 0. The molecule has 0 aliphatic heterocycles. The second-order valence-corrected chi connectivity index (χ2v) is 5.77. The molecule has 3 aromatic rings. The van der Waals surface area contributed by atoms with E-state index in [0.29, 0.717) is 6.42 Å². The number of carbonyl (C=O) groups is 1. The Morgan fingerprint density at radius 3 is 2.45 bits per heavy atom. The maximum Gasteiger partial charge on any atom is 0.163 e. The first-order chi connectivity index (χ1) is 9.75.